The van der Waals surface area contributed by atoms with Crippen LogP contribution in [0.1, 0.15) is 49.1 Å². The standard InChI is InChI=1S/C17H25N7OS/c1-22-15-9-5-8-13(15)14(19-22)10-24(12-6-3-4-7-12)16(25)11-26-17-18-20-21-23(17)2/h12H,3-11H2,1-2H3. The highest BCUT2D eigenvalue weighted by molar-refractivity contribution is 7.99. The molecule has 8 nitrogen and oxygen atoms in total. The number of aryl methyl sites for hydroxylation is 2. The van der Waals surface area contributed by atoms with Crippen molar-refractivity contribution in [1.29, 1.82) is 0 Å². The molecule has 0 unspecified atom stereocenters. The van der Waals surface area contributed by atoms with Gasteiger partial charge >= 0.3 is 0 Å². The van der Waals surface area contributed by atoms with Crippen LogP contribution in [0.3, 0.4) is 0 Å². The summed E-state index contributed by atoms with van der Waals surface area (Å²) < 4.78 is 3.61. The Bertz CT molecular complexity index is 793. The second kappa shape index (κ2) is 7.38. The number of hydrogen-bond donors (Lipinski definition) is 0. The Morgan fingerprint density at radius 3 is 2.73 bits per heavy atom. The Balaban J connectivity index is 1.50. The second-order valence-corrected chi connectivity index (χ2v) is 8.13. The smallest absolute Gasteiger partial charge is 0.233 e. The number of nitrogens with zero attached hydrogens (tertiary/aromatic N) is 7. The quantitative estimate of drug-likeness (QED) is 0.712. The third-order valence-electron chi connectivity index (χ3n) is 5.51. The van der Waals surface area contributed by atoms with Crippen molar-refractivity contribution in [1.82, 2.24) is 34.9 Å². The number of hydrogen-bond acceptors (Lipinski definition) is 6. The van der Waals surface area contributed by atoms with E-state index in [0.717, 1.165) is 31.4 Å². The van der Waals surface area contributed by atoms with Gasteiger partial charge in [0.05, 0.1) is 18.0 Å². The first kappa shape index (κ1) is 17.5. The van der Waals surface area contributed by atoms with Crippen LogP contribution >= 0.6 is 11.8 Å². The summed E-state index contributed by atoms with van der Waals surface area (Å²) in [6.07, 6.45) is 7.98. The molecular formula is C17H25N7OS. The van der Waals surface area contributed by atoms with E-state index in [0.29, 0.717) is 23.5 Å². The van der Waals surface area contributed by atoms with Gasteiger partial charge < -0.3 is 4.90 Å². The van der Waals surface area contributed by atoms with Gasteiger partial charge in [-0.15, -0.1) is 5.10 Å². The summed E-state index contributed by atoms with van der Waals surface area (Å²) in [6.45, 7) is 0.629. The van der Waals surface area contributed by atoms with Crippen LogP contribution < -0.4 is 0 Å². The van der Waals surface area contributed by atoms with E-state index in [9.17, 15) is 4.79 Å². The molecule has 0 aromatic carbocycles. The van der Waals surface area contributed by atoms with Gasteiger partial charge in [-0.05, 0) is 48.1 Å². The third kappa shape index (κ3) is 3.36. The predicted octanol–water partition coefficient (Wildman–Crippen LogP) is 1.50. The average Bonchev–Trinajstić information content (AvgIpc) is 3.39. The van der Waals surface area contributed by atoms with Gasteiger partial charge in [-0.3, -0.25) is 9.48 Å². The predicted molar refractivity (Wildman–Crippen MR) is 97.6 cm³/mol. The molecule has 0 bridgehead atoms. The van der Waals surface area contributed by atoms with Crippen LogP contribution in [-0.4, -0.2) is 52.6 Å². The number of tetrazole rings is 1. The summed E-state index contributed by atoms with van der Waals surface area (Å²) in [5, 5.41) is 16.8. The van der Waals surface area contributed by atoms with Crippen LogP contribution in [0.15, 0.2) is 5.16 Å². The van der Waals surface area contributed by atoms with Crippen LogP contribution in [0.25, 0.3) is 0 Å². The molecule has 4 rings (SSSR count). The highest BCUT2D eigenvalue weighted by Crippen LogP contribution is 2.30. The summed E-state index contributed by atoms with van der Waals surface area (Å²) in [6, 6.07) is 0.333. The number of thioether (sulfide) groups is 1. The molecule has 0 spiro atoms. The van der Waals surface area contributed by atoms with E-state index in [1.54, 1.807) is 11.7 Å². The van der Waals surface area contributed by atoms with Crippen LogP contribution in [0.4, 0.5) is 0 Å². The van der Waals surface area contributed by atoms with Gasteiger partial charge in [0, 0.05) is 25.8 Å². The zero-order valence-corrected chi connectivity index (χ0v) is 16.2. The topological polar surface area (TPSA) is 81.7 Å². The first-order valence-electron chi connectivity index (χ1n) is 9.31. The Kier molecular flexibility index (Phi) is 4.97. The zero-order chi connectivity index (χ0) is 18.1. The maximum atomic E-state index is 13.0. The summed E-state index contributed by atoms with van der Waals surface area (Å²) in [5.74, 6) is 0.516. The highest BCUT2D eigenvalue weighted by atomic mass is 32.2. The van der Waals surface area contributed by atoms with Gasteiger partial charge in [0.25, 0.3) is 0 Å². The van der Waals surface area contributed by atoms with E-state index in [4.69, 9.17) is 5.10 Å². The second-order valence-electron chi connectivity index (χ2n) is 7.18. The number of fused-ring (bicyclic) bond motifs is 1. The molecule has 2 aliphatic carbocycles. The van der Waals surface area contributed by atoms with Crippen molar-refractivity contribution in [2.24, 2.45) is 14.1 Å². The SMILES string of the molecule is Cn1nnnc1SCC(=O)N(Cc1nn(C)c2c1CCC2)C1CCCC1. The molecule has 1 amide bonds. The molecule has 0 saturated heterocycles. The van der Waals surface area contributed by atoms with E-state index in [1.807, 2.05) is 11.7 Å². The highest BCUT2D eigenvalue weighted by Gasteiger charge is 2.30. The van der Waals surface area contributed by atoms with Crippen molar-refractivity contribution in [3.63, 3.8) is 0 Å². The number of carbonyl (C=O) groups excluding carboxylic acids is 1. The van der Waals surface area contributed by atoms with Gasteiger partial charge in [-0.25, -0.2) is 4.68 Å². The van der Waals surface area contributed by atoms with Crippen molar-refractivity contribution in [2.45, 2.75) is 62.7 Å². The molecule has 26 heavy (non-hydrogen) atoms. The number of carbonyl (C=O) groups is 1. The lowest BCUT2D eigenvalue weighted by Crippen LogP contribution is -2.39. The first-order chi connectivity index (χ1) is 12.6. The summed E-state index contributed by atoms with van der Waals surface area (Å²) in [4.78, 5) is 15.1. The van der Waals surface area contributed by atoms with E-state index in [2.05, 4.69) is 20.4 Å². The third-order valence-corrected chi connectivity index (χ3v) is 6.51. The van der Waals surface area contributed by atoms with Gasteiger partial charge in [0.2, 0.25) is 11.1 Å². The van der Waals surface area contributed by atoms with Crippen molar-refractivity contribution >= 4 is 17.7 Å². The molecule has 0 N–H and O–H groups in total. The molecule has 0 aliphatic heterocycles. The largest absolute Gasteiger partial charge is 0.333 e. The maximum Gasteiger partial charge on any atom is 0.233 e. The molecule has 0 radical (unpaired) electrons. The van der Waals surface area contributed by atoms with E-state index in [-0.39, 0.29) is 5.91 Å². The monoisotopic (exact) mass is 375 g/mol. The molecule has 140 valence electrons. The van der Waals surface area contributed by atoms with Crippen LogP contribution in [-0.2, 0) is 38.3 Å². The molecular weight excluding hydrogens is 350 g/mol. The summed E-state index contributed by atoms with van der Waals surface area (Å²) in [7, 11) is 3.81. The summed E-state index contributed by atoms with van der Waals surface area (Å²) in [5.41, 5.74) is 3.80. The molecule has 2 heterocycles. The molecule has 1 saturated carbocycles. The Hall–Kier alpha value is -1.90. The first-order valence-corrected chi connectivity index (χ1v) is 10.3. The number of rotatable bonds is 6. The Labute approximate surface area is 157 Å². The fourth-order valence-corrected chi connectivity index (χ4v) is 4.91. The lowest BCUT2D eigenvalue weighted by molar-refractivity contribution is -0.131. The number of amides is 1. The van der Waals surface area contributed by atoms with Crippen molar-refractivity contribution < 1.29 is 4.79 Å². The molecule has 2 aliphatic rings. The molecule has 2 aromatic rings. The van der Waals surface area contributed by atoms with E-state index >= 15 is 0 Å². The van der Waals surface area contributed by atoms with Crippen molar-refractivity contribution in [2.75, 3.05) is 5.75 Å². The lowest BCUT2D eigenvalue weighted by atomic mass is 10.1. The van der Waals surface area contributed by atoms with Crippen LogP contribution in [0, 0.1) is 0 Å². The van der Waals surface area contributed by atoms with Crippen LogP contribution in [0.5, 0.6) is 0 Å². The fourth-order valence-electron chi connectivity index (χ4n) is 4.18. The maximum absolute atomic E-state index is 13.0. The van der Waals surface area contributed by atoms with Gasteiger partial charge in [0.15, 0.2) is 0 Å². The molecule has 9 heteroatoms. The van der Waals surface area contributed by atoms with Crippen LogP contribution in [0.2, 0.25) is 0 Å². The van der Waals surface area contributed by atoms with E-state index in [1.165, 1.54) is 42.3 Å². The minimum atomic E-state index is 0.155. The van der Waals surface area contributed by atoms with E-state index < -0.39 is 0 Å². The summed E-state index contributed by atoms with van der Waals surface area (Å²) >= 11 is 1.40. The molecule has 1 fully saturated rings. The van der Waals surface area contributed by atoms with Gasteiger partial charge in [-0.2, -0.15) is 5.10 Å². The molecule has 0 atom stereocenters. The van der Waals surface area contributed by atoms with Gasteiger partial charge in [0.1, 0.15) is 0 Å². The lowest BCUT2D eigenvalue weighted by Gasteiger charge is -2.28. The van der Waals surface area contributed by atoms with Crippen molar-refractivity contribution in [3.05, 3.63) is 17.0 Å². The minimum absolute atomic E-state index is 0.155. The normalized spacial score (nSPS) is 17.0. The van der Waals surface area contributed by atoms with Crippen molar-refractivity contribution in [3.8, 4) is 0 Å². The number of aromatic nitrogens is 6. The minimum Gasteiger partial charge on any atom is -0.333 e. The Morgan fingerprint density at radius 1 is 1.19 bits per heavy atom. The molecule has 2 aromatic heterocycles. The van der Waals surface area contributed by atoms with Gasteiger partial charge in [-0.1, -0.05) is 24.6 Å². The fraction of sp³-hybridized carbons (Fsp3) is 0.706. The Morgan fingerprint density at radius 2 is 2.00 bits per heavy atom. The zero-order valence-electron chi connectivity index (χ0n) is 15.4. The average molecular weight is 376 g/mol.